The van der Waals surface area contributed by atoms with Crippen LogP contribution in [0.25, 0.3) is 0 Å². The second-order valence-corrected chi connectivity index (χ2v) is 8.18. The van der Waals surface area contributed by atoms with E-state index in [4.69, 9.17) is 10.5 Å². The van der Waals surface area contributed by atoms with Gasteiger partial charge >= 0.3 is 0 Å². The van der Waals surface area contributed by atoms with E-state index >= 15 is 0 Å². The molecule has 1 aliphatic carbocycles. The number of para-hydroxylation sites is 1. The summed E-state index contributed by atoms with van der Waals surface area (Å²) in [5.74, 6) is 1.01. The molecule has 0 bridgehead atoms. The molecule has 1 aromatic rings. The van der Waals surface area contributed by atoms with Crippen LogP contribution in [-0.2, 0) is 15.4 Å². The number of nitrogens with two attached hydrogens (primary N) is 1. The summed E-state index contributed by atoms with van der Waals surface area (Å²) in [6, 6.07) is 7.82. The third-order valence-electron chi connectivity index (χ3n) is 4.34. The predicted molar refractivity (Wildman–Crippen MR) is 78.5 cm³/mol. The zero-order valence-electron chi connectivity index (χ0n) is 11.5. The third kappa shape index (κ3) is 2.69. The number of rotatable bonds is 3. The highest BCUT2D eigenvalue weighted by Gasteiger charge is 2.37. The molecule has 2 fully saturated rings. The summed E-state index contributed by atoms with van der Waals surface area (Å²) < 4.78 is 28.3. The number of ether oxygens (including phenoxy) is 1. The van der Waals surface area contributed by atoms with Crippen molar-refractivity contribution in [3.63, 3.8) is 0 Å². The number of sulfone groups is 1. The van der Waals surface area contributed by atoms with Gasteiger partial charge in [0, 0.05) is 11.1 Å². The Morgan fingerprint density at radius 1 is 1.10 bits per heavy atom. The second-order valence-electron chi connectivity index (χ2n) is 6.03. The molecule has 1 aliphatic heterocycles. The average molecular weight is 295 g/mol. The molecule has 2 N–H and O–H groups in total. The molecule has 1 aromatic carbocycles. The Balaban J connectivity index is 1.81. The number of benzene rings is 1. The lowest BCUT2D eigenvalue weighted by atomic mass is 9.77. The first-order valence-electron chi connectivity index (χ1n) is 7.24. The van der Waals surface area contributed by atoms with Gasteiger partial charge < -0.3 is 10.5 Å². The first-order valence-corrected chi connectivity index (χ1v) is 9.06. The van der Waals surface area contributed by atoms with Crippen molar-refractivity contribution >= 4 is 9.84 Å². The van der Waals surface area contributed by atoms with Gasteiger partial charge in [-0.05, 0) is 18.9 Å². The van der Waals surface area contributed by atoms with E-state index < -0.39 is 9.84 Å². The van der Waals surface area contributed by atoms with Gasteiger partial charge in [-0.1, -0.05) is 37.5 Å². The number of hydrogen-bond donors (Lipinski definition) is 1. The van der Waals surface area contributed by atoms with Crippen LogP contribution in [0.1, 0.15) is 37.7 Å². The van der Waals surface area contributed by atoms with Gasteiger partial charge in [-0.25, -0.2) is 8.42 Å². The lowest BCUT2D eigenvalue weighted by Crippen LogP contribution is -2.46. The van der Waals surface area contributed by atoms with E-state index in [1.165, 1.54) is 6.42 Å². The van der Waals surface area contributed by atoms with Crippen LogP contribution >= 0.6 is 0 Å². The molecule has 20 heavy (non-hydrogen) atoms. The Morgan fingerprint density at radius 2 is 1.75 bits per heavy atom. The molecule has 1 saturated heterocycles. The smallest absolute Gasteiger partial charge is 0.157 e. The van der Waals surface area contributed by atoms with E-state index in [2.05, 4.69) is 0 Å². The third-order valence-corrected chi connectivity index (χ3v) is 6.10. The van der Waals surface area contributed by atoms with Crippen molar-refractivity contribution in [1.29, 1.82) is 0 Å². The van der Waals surface area contributed by atoms with Crippen molar-refractivity contribution in [1.82, 2.24) is 0 Å². The fraction of sp³-hybridized carbons (Fsp3) is 0.600. The van der Waals surface area contributed by atoms with Crippen molar-refractivity contribution in [3.05, 3.63) is 29.8 Å². The topological polar surface area (TPSA) is 69.4 Å². The molecule has 4 nitrogen and oxygen atoms in total. The van der Waals surface area contributed by atoms with E-state index in [1.807, 2.05) is 24.3 Å². The average Bonchev–Trinajstić information content (AvgIpc) is 2.38. The van der Waals surface area contributed by atoms with Gasteiger partial charge in [-0.3, -0.25) is 0 Å². The van der Waals surface area contributed by atoms with Crippen LogP contribution in [0.2, 0.25) is 0 Å². The highest BCUT2D eigenvalue weighted by Crippen LogP contribution is 2.39. The van der Waals surface area contributed by atoms with Crippen LogP contribution in [0.4, 0.5) is 0 Å². The van der Waals surface area contributed by atoms with Crippen molar-refractivity contribution < 1.29 is 13.2 Å². The second kappa shape index (κ2) is 5.04. The normalized spacial score (nSPS) is 24.9. The van der Waals surface area contributed by atoms with Crippen LogP contribution < -0.4 is 10.5 Å². The van der Waals surface area contributed by atoms with Crippen molar-refractivity contribution in [3.8, 4) is 5.75 Å². The summed E-state index contributed by atoms with van der Waals surface area (Å²) >= 11 is 0. The van der Waals surface area contributed by atoms with Gasteiger partial charge in [0.15, 0.2) is 9.84 Å². The summed E-state index contributed by atoms with van der Waals surface area (Å²) in [7, 11) is -2.86. The lowest BCUT2D eigenvalue weighted by Gasteiger charge is -2.36. The molecule has 0 atom stereocenters. The van der Waals surface area contributed by atoms with Crippen molar-refractivity contribution in [2.45, 2.75) is 43.7 Å². The Hall–Kier alpha value is -1.07. The Morgan fingerprint density at radius 3 is 2.40 bits per heavy atom. The van der Waals surface area contributed by atoms with Crippen LogP contribution in [0.3, 0.4) is 0 Å². The molecule has 110 valence electrons. The molecule has 0 radical (unpaired) electrons. The van der Waals surface area contributed by atoms with Crippen LogP contribution in [0, 0.1) is 0 Å². The first-order chi connectivity index (χ1) is 9.49. The Labute approximate surface area is 120 Å². The lowest BCUT2D eigenvalue weighted by molar-refractivity contribution is 0.215. The summed E-state index contributed by atoms with van der Waals surface area (Å²) in [6.07, 6.45) is 5.24. The highest BCUT2D eigenvalue weighted by molar-refractivity contribution is 7.92. The molecule has 2 aliphatic rings. The minimum Gasteiger partial charge on any atom is -0.488 e. The molecule has 0 spiro atoms. The SMILES string of the molecule is NC1(c2ccccc2OC2CS(=O)(=O)C2)CCCCC1. The molecule has 0 amide bonds. The minimum atomic E-state index is -2.86. The maximum Gasteiger partial charge on any atom is 0.157 e. The molecular weight excluding hydrogens is 274 g/mol. The van der Waals surface area contributed by atoms with Crippen LogP contribution in [-0.4, -0.2) is 26.0 Å². The highest BCUT2D eigenvalue weighted by atomic mass is 32.2. The zero-order chi connectivity index (χ0) is 14.2. The summed E-state index contributed by atoms with van der Waals surface area (Å²) in [4.78, 5) is 0. The fourth-order valence-electron chi connectivity index (χ4n) is 3.20. The van der Waals surface area contributed by atoms with Crippen LogP contribution in [0.15, 0.2) is 24.3 Å². The van der Waals surface area contributed by atoms with Crippen LogP contribution in [0.5, 0.6) is 5.75 Å². The summed E-state index contributed by atoms with van der Waals surface area (Å²) in [6.45, 7) is 0. The van der Waals surface area contributed by atoms with Gasteiger partial charge in [0.1, 0.15) is 11.9 Å². The largest absolute Gasteiger partial charge is 0.488 e. The van der Waals surface area contributed by atoms with Gasteiger partial charge in [0.25, 0.3) is 0 Å². The van der Waals surface area contributed by atoms with Gasteiger partial charge in [0.2, 0.25) is 0 Å². The number of hydrogen-bond acceptors (Lipinski definition) is 4. The summed E-state index contributed by atoms with van der Waals surface area (Å²) in [5.41, 5.74) is 7.28. The molecule has 0 unspecified atom stereocenters. The molecule has 0 aromatic heterocycles. The molecule has 5 heteroatoms. The minimum absolute atomic E-state index is 0.124. The van der Waals surface area contributed by atoms with Crippen molar-refractivity contribution in [2.75, 3.05) is 11.5 Å². The zero-order valence-corrected chi connectivity index (χ0v) is 12.4. The maximum absolute atomic E-state index is 11.2. The predicted octanol–water partition coefficient (Wildman–Crippen LogP) is 1.98. The van der Waals surface area contributed by atoms with E-state index in [9.17, 15) is 8.42 Å². The van der Waals surface area contributed by atoms with Gasteiger partial charge in [0.05, 0.1) is 11.5 Å². The molecule has 1 saturated carbocycles. The summed E-state index contributed by atoms with van der Waals surface area (Å²) in [5, 5.41) is 0. The maximum atomic E-state index is 11.2. The fourth-order valence-corrected chi connectivity index (χ4v) is 4.37. The molecule has 1 heterocycles. The van der Waals surface area contributed by atoms with E-state index in [-0.39, 0.29) is 23.1 Å². The standard InChI is InChI=1S/C15H21NO3S/c16-15(8-4-1-5-9-15)13-6-2-3-7-14(13)19-12-10-20(17,18)11-12/h2-3,6-7,12H,1,4-5,8-11,16H2. The van der Waals surface area contributed by atoms with E-state index in [0.717, 1.165) is 37.0 Å². The Bertz CT molecular complexity index is 579. The van der Waals surface area contributed by atoms with Gasteiger partial charge in [-0.2, -0.15) is 0 Å². The van der Waals surface area contributed by atoms with Crippen molar-refractivity contribution in [2.24, 2.45) is 5.73 Å². The quantitative estimate of drug-likeness (QED) is 0.925. The first kappa shape index (κ1) is 13.9. The molecule has 3 rings (SSSR count). The monoisotopic (exact) mass is 295 g/mol. The Kier molecular flexibility index (Phi) is 3.50. The van der Waals surface area contributed by atoms with Gasteiger partial charge in [-0.15, -0.1) is 0 Å². The molecular formula is C15H21NO3S. The van der Waals surface area contributed by atoms with E-state index in [0.29, 0.717) is 0 Å². The van der Waals surface area contributed by atoms with E-state index in [1.54, 1.807) is 0 Å².